The summed E-state index contributed by atoms with van der Waals surface area (Å²) in [6.45, 7) is 0. The molecule has 4 N–H and O–H groups in total. The molecule has 0 saturated heterocycles. The fourth-order valence-corrected chi connectivity index (χ4v) is 0.978. The highest BCUT2D eigenvalue weighted by molar-refractivity contribution is 7.94. The fraction of sp³-hybridized carbons (Fsp3) is 1.00. The molecule has 76 valence electrons. The van der Waals surface area contributed by atoms with Gasteiger partial charge in [0.1, 0.15) is 0 Å². The second-order valence-electron chi connectivity index (χ2n) is 1.15. The predicted octanol–water partition coefficient (Wildman–Crippen LogP) is -1.80. The smallest absolute Gasteiger partial charge is 0.317 e. The van der Waals surface area contributed by atoms with Crippen LogP contribution in [-0.4, -0.2) is 38.2 Å². The quantitative estimate of drug-likeness (QED) is 0.315. The van der Waals surface area contributed by atoms with E-state index >= 15 is 0 Å². The van der Waals surface area contributed by atoms with Gasteiger partial charge in [0, 0.05) is 7.05 Å². The van der Waals surface area contributed by atoms with Gasteiger partial charge in [0.05, 0.1) is 0 Å². The van der Waals surface area contributed by atoms with Gasteiger partial charge < -0.3 is 5.21 Å². The molecular formula is CH7NO8S2. The number of hydrogen-bond donors (Lipinski definition) is 4. The first kappa shape index (κ1) is 14.2. The van der Waals surface area contributed by atoms with Crippen molar-refractivity contribution in [3.63, 3.8) is 0 Å². The first-order valence-electron chi connectivity index (χ1n) is 2.09. The standard InChI is InChI=1S/CH5NO.H2O7S2/c1-2-3;1-8(2,3)7-9(4,5)6/h2-3H,1H3;(H,1,2,3)(H,4,5,6). The molecule has 0 aromatic rings. The van der Waals surface area contributed by atoms with Gasteiger partial charge in [0.2, 0.25) is 0 Å². The lowest BCUT2D eigenvalue weighted by molar-refractivity contribution is 0.194. The summed E-state index contributed by atoms with van der Waals surface area (Å²) in [6.07, 6.45) is 0. The van der Waals surface area contributed by atoms with Crippen LogP contribution in [-0.2, 0) is 24.4 Å². The Morgan fingerprint density at radius 3 is 1.25 bits per heavy atom. The van der Waals surface area contributed by atoms with E-state index in [4.69, 9.17) is 14.3 Å². The predicted molar refractivity (Wildman–Crippen MR) is 35.0 cm³/mol. The normalized spacial score (nSPS) is 11.7. The van der Waals surface area contributed by atoms with E-state index in [0.717, 1.165) is 0 Å². The van der Waals surface area contributed by atoms with Crippen molar-refractivity contribution < 1.29 is 34.8 Å². The van der Waals surface area contributed by atoms with Gasteiger partial charge in [0.15, 0.2) is 0 Å². The maximum absolute atomic E-state index is 9.44. The molecule has 11 heteroatoms. The van der Waals surface area contributed by atoms with Gasteiger partial charge in [-0.15, -0.1) is 3.63 Å². The van der Waals surface area contributed by atoms with Crippen molar-refractivity contribution in [2.45, 2.75) is 0 Å². The van der Waals surface area contributed by atoms with Gasteiger partial charge in [-0.3, -0.25) is 9.11 Å². The Bertz CT molecular complexity index is 255. The van der Waals surface area contributed by atoms with Crippen molar-refractivity contribution in [1.82, 2.24) is 5.48 Å². The highest BCUT2D eigenvalue weighted by Crippen LogP contribution is 1.91. The van der Waals surface area contributed by atoms with E-state index in [1.807, 2.05) is 0 Å². The molecule has 0 bridgehead atoms. The fourth-order valence-electron chi connectivity index (χ4n) is 0.109. The van der Waals surface area contributed by atoms with Gasteiger partial charge in [-0.25, -0.2) is 5.48 Å². The molecule has 9 nitrogen and oxygen atoms in total. The Balaban J connectivity index is 0. The summed E-state index contributed by atoms with van der Waals surface area (Å²) in [7, 11) is -8.81. The SMILES string of the molecule is CNO.O=S(=O)(O)OS(=O)(=O)O. The first-order chi connectivity index (χ1) is 5.12. The van der Waals surface area contributed by atoms with Crippen molar-refractivity contribution in [1.29, 1.82) is 0 Å². The molecule has 0 aromatic heterocycles. The molecule has 0 aliphatic carbocycles. The first-order valence-corrected chi connectivity index (χ1v) is 4.82. The summed E-state index contributed by atoms with van der Waals surface area (Å²) < 4.78 is 55.6. The van der Waals surface area contributed by atoms with E-state index in [9.17, 15) is 16.8 Å². The Morgan fingerprint density at radius 1 is 1.08 bits per heavy atom. The van der Waals surface area contributed by atoms with Gasteiger partial charge in [0.25, 0.3) is 0 Å². The molecule has 0 heterocycles. The Labute approximate surface area is 68.8 Å². The summed E-state index contributed by atoms with van der Waals surface area (Å²) in [5.74, 6) is 0. The molecule has 0 radical (unpaired) electrons. The van der Waals surface area contributed by atoms with E-state index < -0.39 is 20.8 Å². The van der Waals surface area contributed by atoms with Crippen molar-refractivity contribution in [3.8, 4) is 0 Å². The van der Waals surface area contributed by atoms with Crippen LogP contribution in [0.2, 0.25) is 0 Å². The van der Waals surface area contributed by atoms with Crippen molar-refractivity contribution in [2.75, 3.05) is 7.05 Å². The molecule has 0 aliphatic heterocycles. The molecule has 0 unspecified atom stereocenters. The minimum Gasteiger partial charge on any atom is -0.317 e. The molecule has 0 aliphatic rings. The Morgan fingerprint density at radius 2 is 1.25 bits per heavy atom. The van der Waals surface area contributed by atoms with Crippen LogP contribution in [0.15, 0.2) is 0 Å². The summed E-state index contributed by atoms with van der Waals surface area (Å²) in [4.78, 5) is 0. The van der Waals surface area contributed by atoms with Crippen LogP contribution in [0, 0.1) is 0 Å². The molecule has 0 spiro atoms. The van der Waals surface area contributed by atoms with E-state index in [1.54, 1.807) is 5.48 Å². The number of rotatable bonds is 2. The van der Waals surface area contributed by atoms with Crippen LogP contribution in [0.1, 0.15) is 0 Å². The topological polar surface area (TPSA) is 150 Å². The second kappa shape index (κ2) is 5.36. The third kappa shape index (κ3) is 22.6. The zero-order chi connectivity index (χ0) is 10.4. The lowest BCUT2D eigenvalue weighted by atomic mass is 11.6. The summed E-state index contributed by atoms with van der Waals surface area (Å²) in [5.41, 5.74) is 1.75. The largest absolute Gasteiger partial charge is 0.413 e. The molecule has 0 amide bonds. The van der Waals surface area contributed by atoms with Crippen LogP contribution in [0.3, 0.4) is 0 Å². The van der Waals surface area contributed by atoms with Crippen LogP contribution in [0.4, 0.5) is 0 Å². The lowest BCUT2D eigenvalue weighted by Crippen LogP contribution is -2.10. The minimum absolute atomic E-state index is 1.43. The number of hydrogen-bond acceptors (Lipinski definition) is 7. The average Bonchev–Trinajstić information content (AvgIpc) is 1.53. The van der Waals surface area contributed by atoms with Gasteiger partial charge in [-0.1, -0.05) is 0 Å². The Hall–Kier alpha value is -0.300. The summed E-state index contributed by atoms with van der Waals surface area (Å²) in [6, 6.07) is 0. The van der Waals surface area contributed by atoms with Crippen LogP contribution in [0.5, 0.6) is 0 Å². The highest BCUT2D eigenvalue weighted by atomic mass is 32.3. The van der Waals surface area contributed by atoms with Gasteiger partial charge >= 0.3 is 20.8 Å². The molecule has 0 aromatic carbocycles. The third-order valence-electron chi connectivity index (χ3n) is 0.172. The Kier molecular flexibility index (Phi) is 6.36. The van der Waals surface area contributed by atoms with Gasteiger partial charge in [-0.2, -0.15) is 16.8 Å². The summed E-state index contributed by atoms with van der Waals surface area (Å²) in [5, 5.41) is 7.32. The summed E-state index contributed by atoms with van der Waals surface area (Å²) >= 11 is 0. The number of nitrogens with one attached hydrogen (secondary N) is 1. The molecule has 0 atom stereocenters. The molecule has 0 fully saturated rings. The van der Waals surface area contributed by atoms with Crippen LogP contribution in [0.25, 0.3) is 0 Å². The monoisotopic (exact) mass is 225 g/mol. The maximum atomic E-state index is 9.44. The molecular weight excluding hydrogens is 218 g/mol. The molecule has 0 rings (SSSR count). The van der Waals surface area contributed by atoms with Crippen molar-refractivity contribution >= 4 is 20.8 Å². The zero-order valence-corrected chi connectivity index (χ0v) is 7.33. The van der Waals surface area contributed by atoms with Crippen LogP contribution >= 0.6 is 0 Å². The zero-order valence-electron chi connectivity index (χ0n) is 5.70. The lowest BCUT2D eigenvalue weighted by Gasteiger charge is -1.89. The molecule has 0 saturated carbocycles. The van der Waals surface area contributed by atoms with E-state index in [2.05, 4.69) is 3.63 Å². The van der Waals surface area contributed by atoms with Crippen LogP contribution < -0.4 is 5.48 Å². The van der Waals surface area contributed by atoms with Crippen molar-refractivity contribution in [3.05, 3.63) is 0 Å². The minimum atomic E-state index is -5.12. The average molecular weight is 225 g/mol. The molecule has 12 heavy (non-hydrogen) atoms. The second-order valence-corrected chi connectivity index (χ2v) is 3.40. The van der Waals surface area contributed by atoms with E-state index in [1.165, 1.54) is 7.05 Å². The number of hydroxylamine groups is 1. The van der Waals surface area contributed by atoms with Gasteiger partial charge in [-0.05, 0) is 0 Å². The van der Waals surface area contributed by atoms with Crippen molar-refractivity contribution in [2.24, 2.45) is 0 Å². The maximum Gasteiger partial charge on any atom is 0.413 e. The highest BCUT2D eigenvalue weighted by Gasteiger charge is 2.15. The van der Waals surface area contributed by atoms with E-state index in [-0.39, 0.29) is 0 Å². The third-order valence-corrected chi connectivity index (χ3v) is 1.55. The van der Waals surface area contributed by atoms with E-state index in [0.29, 0.717) is 0 Å².